The summed E-state index contributed by atoms with van der Waals surface area (Å²) >= 11 is 0. The van der Waals surface area contributed by atoms with Gasteiger partial charge in [-0.25, -0.2) is 8.42 Å². The smallest absolute Gasteiger partial charge is 0.243 e. The third-order valence-corrected chi connectivity index (χ3v) is 6.46. The molecule has 0 spiro atoms. The van der Waals surface area contributed by atoms with E-state index < -0.39 is 10.0 Å². The van der Waals surface area contributed by atoms with Crippen molar-refractivity contribution >= 4 is 20.8 Å². The molecule has 6 heteroatoms. The largest absolute Gasteiger partial charge is 0.328 e. The van der Waals surface area contributed by atoms with Crippen molar-refractivity contribution in [3.05, 3.63) is 36.7 Å². The summed E-state index contributed by atoms with van der Waals surface area (Å²) in [6.07, 6.45) is 4.97. The Bertz CT molecular complexity index is 761. The molecule has 0 unspecified atom stereocenters. The van der Waals surface area contributed by atoms with Crippen LogP contribution in [-0.4, -0.2) is 36.8 Å². The Morgan fingerprint density at radius 1 is 1.27 bits per heavy atom. The van der Waals surface area contributed by atoms with Gasteiger partial charge in [0.2, 0.25) is 10.0 Å². The van der Waals surface area contributed by atoms with E-state index in [1.165, 1.54) is 0 Å². The van der Waals surface area contributed by atoms with Crippen molar-refractivity contribution in [2.75, 3.05) is 13.1 Å². The Kier molecular flexibility index (Phi) is 4.16. The summed E-state index contributed by atoms with van der Waals surface area (Å²) in [5.74, 6) is 0.406. The van der Waals surface area contributed by atoms with E-state index in [0.717, 1.165) is 23.6 Å². The summed E-state index contributed by atoms with van der Waals surface area (Å²) < 4.78 is 27.5. The van der Waals surface area contributed by atoms with E-state index in [1.54, 1.807) is 34.9 Å². The van der Waals surface area contributed by atoms with E-state index in [4.69, 9.17) is 5.73 Å². The summed E-state index contributed by atoms with van der Waals surface area (Å²) in [4.78, 5) is 4.42. The highest BCUT2D eigenvalue weighted by molar-refractivity contribution is 7.89. The van der Waals surface area contributed by atoms with Crippen molar-refractivity contribution in [2.45, 2.75) is 30.7 Å². The molecule has 0 saturated carbocycles. The second kappa shape index (κ2) is 5.95. The number of nitrogens with two attached hydrogens (primary N) is 1. The summed E-state index contributed by atoms with van der Waals surface area (Å²) in [6, 6.07) is 7.20. The maximum atomic E-state index is 13.0. The van der Waals surface area contributed by atoms with E-state index in [2.05, 4.69) is 4.98 Å². The third kappa shape index (κ3) is 2.74. The first kappa shape index (κ1) is 15.4. The van der Waals surface area contributed by atoms with Crippen LogP contribution in [0.15, 0.2) is 41.6 Å². The maximum Gasteiger partial charge on any atom is 0.243 e. The first-order valence-electron chi connectivity index (χ1n) is 7.58. The first-order valence-corrected chi connectivity index (χ1v) is 9.02. The molecule has 0 aliphatic carbocycles. The zero-order chi connectivity index (χ0) is 15.7. The van der Waals surface area contributed by atoms with Crippen LogP contribution < -0.4 is 5.73 Å². The summed E-state index contributed by atoms with van der Waals surface area (Å²) in [5.41, 5.74) is 5.93. The Morgan fingerprint density at radius 3 is 2.68 bits per heavy atom. The lowest BCUT2D eigenvalue weighted by Gasteiger charge is -2.33. The molecule has 1 aliphatic heterocycles. The molecule has 1 aliphatic rings. The van der Waals surface area contributed by atoms with E-state index in [9.17, 15) is 8.42 Å². The van der Waals surface area contributed by atoms with Gasteiger partial charge in [0, 0.05) is 42.3 Å². The lowest BCUT2D eigenvalue weighted by molar-refractivity contribution is 0.251. The monoisotopic (exact) mass is 319 g/mol. The van der Waals surface area contributed by atoms with Crippen molar-refractivity contribution in [3.8, 4) is 0 Å². The molecule has 3 rings (SSSR count). The summed E-state index contributed by atoms with van der Waals surface area (Å²) in [7, 11) is -3.47. The van der Waals surface area contributed by atoms with Gasteiger partial charge in [0.15, 0.2) is 0 Å². The fourth-order valence-corrected chi connectivity index (χ4v) is 4.78. The van der Waals surface area contributed by atoms with Gasteiger partial charge >= 0.3 is 0 Å². The van der Waals surface area contributed by atoms with Crippen molar-refractivity contribution < 1.29 is 8.42 Å². The highest BCUT2D eigenvalue weighted by atomic mass is 32.2. The van der Waals surface area contributed by atoms with Crippen LogP contribution in [0.4, 0.5) is 0 Å². The number of piperidine rings is 1. The molecule has 5 nitrogen and oxygen atoms in total. The number of aromatic nitrogens is 1. The fourth-order valence-electron chi connectivity index (χ4n) is 3.10. The number of rotatable bonds is 3. The second-order valence-electron chi connectivity index (χ2n) is 5.95. The maximum absolute atomic E-state index is 13.0. The number of nitrogens with zero attached hydrogens (tertiary/aromatic N) is 2. The van der Waals surface area contributed by atoms with Crippen LogP contribution in [-0.2, 0) is 10.0 Å². The van der Waals surface area contributed by atoms with Crippen LogP contribution in [0.25, 0.3) is 10.8 Å². The quantitative estimate of drug-likeness (QED) is 0.938. The van der Waals surface area contributed by atoms with Gasteiger partial charge < -0.3 is 5.73 Å². The molecule has 2 aromatic rings. The van der Waals surface area contributed by atoms with Gasteiger partial charge in [-0.3, -0.25) is 4.98 Å². The van der Waals surface area contributed by atoms with Crippen molar-refractivity contribution in [2.24, 2.45) is 11.7 Å². The van der Waals surface area contributed by atoms with Gasteiger partial charge in [-0.1, -0.05) is 12.1 Å². The molecule has 2 heterocycles. The fraction of sp³-hybridized carbons (Fsp3) is 0.438. The minimum atomic E-state index is -3.47. The third-order valence-electron chi connectivity index (χ3n) is 4.50. The van der Waals surface area contributed by atoms with Crippen LogP contribution in [0.3, 0.4) is 0 Å². The van der Waals surface area contributed by atoms with Gasteiger partial charge in [0.25, 0.3) is 0 Å². The Labute approximate surface area is 131 Å². The SMILES string of the molecule is C[C@H](N)C1CCN(S(=O)(=O)c2cccc3cnccc23)CC1. The molecular formula is C16H21N3O2S. The molecule has 1 saturated heterocycles. The van der Waals surface area contributed by atoms with Crippen LogP contribution >= 0.6 is 0 Å². The zero-order valence-electron chi connectivity index (χ0n) is 12.6. The Hall–Kier alpha value is -1.50. The van der Waals surface area contributed by atoms with Gasteiger partial charge in [-0.05, 0) is 37.8 Å². The number of sulfonamides is 1. The average Bonchev–Trinajstić information content (AvgIpc) is 2.54. The lowest BCUT2D eigenvalue weighted by Crippen LogP contribution is -2.42. The first-order chi connectivity index (χ1) is 10.5. The van der Waals surface area contributed by atoms with E-state index in [0.29, 0.717) is 23.9 Å². The minimum absolute atomic E-state index is 0.119. The molecule has 1 fully saturated rings. The standard InChI is InChI=1S/C16H21N3O2S/c1-12(17)13-6-9-19(10-7-13)22(20,21)16-4-2-3-14-11-18-8-5-15(14)16/h2-5,8,11-13H,6-7,9-10,17H2,1H3/t12-/m0/s1. The van der Waals surface area contributed by atoms with Gasteiger partial charge in [0.1, 0.15) is 0 Å². The molecule has 0 bridgehead atoms. The molecule has 1 aromatic carbocycles. The minimum Gasteiger partial charge on any atom is -0.328 e. The van der Waals surface area contributed by atoms with E-state index in [1.807, 2.05) is 13.0 Å². The normalized spacial score (nSPS) is 19.4. The van der Waals surface area contributed by atoms with Gasteiger partial charge in [0.05, 0.1) is 4.90 Å². The number of pyridine rings is 1. The molecule has 0 amide bonds. The Morgan fingerprint density at radius 2 is 2.00 bits per heavy atom. The van der Waals surface area contributed by atoms with E-state index in [-0.39, 0.29) is 6.04 Å². The molecule has 2 N–H and O–H groups in total. The molecular weight excluding hydrogens is 298 g/mol. The van der Waals surface area contributed by atoms with Gasteiger partial charge in [-0.2, -0.15) is 4.31 Å². The summed E-state index contributed by atoms with van der Waals surface area (Å²) in [6.45, 7) is 3.07. The number of fused-ring (bicyclic) bond motifs is 1. The average molecular weight is 319 g/mol. The lowest BCUT2D eigenvalue weighted by atomic mass is 9.92. The van der Waals surface area contributed by atoms with Crippen LogP contribution in [0.2, 0.25) is 0 Å². The van der Waals surface area contributed by atoms with Crippen molar-refractivity contribution in [1.29, 1.82) is 0 Å². The predicted octanol–water partition coefficient (Wildman–Crippen LogP) is 1.98. The van der Waals surface area contributed by atoms with Crippen LogP contribution in [0.1, 0.15) is 19.8 Å². The molecule has 22 heavy (non-hydrogen) atoms. The van der Waals surface area contributed by atoms with E-state index >= 15 is 0 Å². The highest BCUT2D eigenvalue weighted by Gasteiger charge is 2.31. The molecule has 118 valence electrons. The topological polar surface area (TPSA) is 76.3 Å². The molecule has 0 radical (unpaired) electrons. The van der Waals surface area contributed by atoms with Crippen molar-refractivity contribution in [3.63, 3.8) is 0 Å². The molecule has 1 atom stereocenters. The summed E-state index contributed by atoms with van der Waals surface area (Å²) in [5, 5.41) is 1.57. The number of hydrogen-bond acceptors (Lipinski definition) is 4. The number of hydrogen-bond donors (Lipinski definition) is 1. The Balaban J connectivity index is 1.93. The van der Waals surface area contributed by atoms with Gasteiger partial charge in [-0.15, -0.1) is 0 Å². The second-order valence-corrected chi connectivity index (χ2v) is 7.86. The number of benzene rings is 1. The molecule has 1 aromatic heterocycles. The van der Waals surface area contributed by atoms with Crippen LogP contribution in [0, 0.1) is 5.92 Å². The highest BCUT2D eigenvalue weighted by Crippen LogP contribution is 2.29. The van der Waals surface area contributed by atoms with Crippen molar-refractivity contribution in [1.82, 2.24) is 9.29 Å². The predicted molar refractivity (Wildman–Crippen MR) is 86.9 cm³/mol. The zero-order valence-corrected chi connectivity index (χ0v) is 13.5. The van der Waals surface area contributed by atoms with Crippen LogP contribution in [0.5, 0.6) is 0 Å².